The minimum atomic E-state index is -0.790. The summed E-state index contributed by atoms with van der Waals surface area (Å²) >= 11 is 1.23. The smallest absolute Gasteiger partial charge is 0.234 e. The van der Waals surface area contributed by atoms with Crippen molar-refractivity contribution in [1.82, 2.24) is 14.8 Å². The fourth-order valence-electron chi connectivity index (χ4n) is 2.67. The highest BCUT2D eigenvalue weighted by Gasteiger charge is 2.19. The average molecular weight is 418 g/mol. The Hall–Kier alpha value is -2.94. The summed E-state index contributed by atoms with van der Waals surface area (Å²) in [7, 11) is 1.73. The van der Waals surface area contributed by atoms with Crippen LogP contribution in [-0.2, 0) is 11.8 Å². The molecule has 0 fully saturated rings. The SMILES string of the molecule is Cc1cccc(NC(=O)CSc2nnc(C(C)Oc3ccc(F)cc3F)n2C)c1. The van der Waals surface area contributed by atoms with Crippen molar-refractivity contribution in [2.24, 2.45) is 7.05 Å². The van der Waals surface area contributed by atoms with Crippen molar-refractivity contribution in [2.75, 3.05) is 11.1 Å². The number of thioether (sulfide) groups is 1. The Balaban J connectivity index is 1.60. The van der Waals surface area contributed by atoms with Crippen LogP contribution in [0.25, 0.3) is 0 Å². The summed E-state index contributed by atoms with van der Waals surface area (Å²) in [5.41, 5.74) is 1.79. The largest absolute Gasteiger partial charge is 0.480 e. The first-order valence-electron chi connectivity index (χ1n) is 8.84. The third-order valence-electron chi connectivity index (χ3n) is 4.06. The quantitative estimate of drug-likeness (QED) is 0.580. The first-order chi connectivity index (χ1) is 13.8. The number of halogens is 2. The molecule has 0 spiro atoms. The normalized spacial score (nSPS) is 11.9. The second-order valence-electron chi connectivity index (χ2n) is 6.44. The van der Waals surface area contributed by atoms with Crippen LogP contribution in [0.15, 0.2) is 47.6 Å². The number of rotatable bonds is 7. The van der Waals surface area contributed by atoms with Crippen LogP contribution >= 0.6 is 11.8 Å². The van der Waals surface area contributed by atoms with E-state index in [0.29, 0.717) is 11.0 Å². The molecule has 6 nitrogen and oxygen atoms in total. The number of hydrogen-bond donors (Lipinski definition) is 1. The molecule has 0 saturated heterocycles. The molecule has 29 heavy (non-hydrogen) atoms. The van der Waals surface area contributed by atoms with Crippen LogP contribution in [0.3, 0.4) is 0 Å². The Bertz CT molecular complexity index is 1030. The Morgan fingerprint density at radius 2 is 2.03 bits per heavy atom. The van der Waals surface area contributed by atoms with Gasteiger partial charge in [-0.05, 0) is 43.7 Å². The number of anilines is 1. The number of ether oxygens (including phenoxy) is 1. The summed E-state index contributed by atoms with van der Waals surface area (Å²) in [6, 6.07) is 10.6. The van der Waals surface area contributed by atoms with E-state index in [-0.39, 0.29) is 17.4 Å². The third kappa shape index (κ3) is 5.32. The van der Waals surface area contributed by atoms with Gasteiger partial charge in [-0.2, -0.15) is 0 Å². The van der Waals surface area contributed by atoms with E-state index in [0.717, 1.165) is 23.4 Å². The van der Waals surface area contributed by atoms with Gasteiger partial charge in [0.05, 0.1) is 5.75 Å². The second-order valence-corrected chi connectivity index (χ2v) is 7.38. The number of benzene rings is 2. The zero-order valence-electron chi connectivity index (χ0n) is 16.1. The van der Waals surface area contributed by atoms with Crippen LogP contribution in [0.4, 0.5) is 14.5 Å². The molecule has 0 saturated carbocycles. The van der Waals surface area contributed by atoms with E-state index in [2.05, 4.69) is 15.5 Å². The Labute approximate surface area is 171 Å². The topological polar surface area (TPSA) is 69.0 Å². The van der Waals surface area contributed by atoms with Gasteiger partial charge in [0.15, 0.2) is 28.7 Å². The standard InChI is InChI=1S/C20H20F2N4O2S/c1-12-5-4-6-15(9-12)23-18(27)11-29-20-25-24-19(26(20)3)13(2)28-17-8-7-14(21)10-16(17)22/h4-10,13H,11H2,1-3H3,(H,23,27). The van der Waals surface area contributed by atoms with Crippen LogP contribution in [0.5, 0.6) is 5.75 Å². The van der Waals surface area contributed by atoms with Gasteiger partial charge in [0.25, 0.3) is 0 Å². The van der Waals surface area contributed by atoms with Crippen LogP contribution < -0.4 is 10.1 Å². The van der Waals surface area contributed by atoms with Gasteiger partial charge in [0.1, 0.15) is 5.82 Å². The minimum absolute atomic E-state index is 0.0753. The molecular formula is C20H20F2N4O2S. The monoisotopic (exact) mass is 418 g/mol. The number of aryl methyl sites for hydroxylation is 1. The molecule has 0 aliphatic rings. The number of carbonyl (C=O) groups excluding carboxylic acids is 1. The molecule has 1 unspecified atom stereocenters. The van der Waals surface area contributed by atoms with Gasteiger partial charge in [-0.1, -0.05) is 23.9 Å². The molecule has 1 atom stereocenters. The van der Waals surface area contributed by atoms with Gasteiger partial charge in [0, 0.05) is 18.8 Å². The van der Waals surface area contributed by atoms with Crippen molar-refractivity contribution < 1.29 is 18.3 Å². The van der Waals surface area contributed by atoms with Gasteiger partial charge in [-0.25, -0.2) is 8.78 Å². The fourth-order valence-corrected chi connectivity index (χ4v) is 3.39. The number of amides is 1. The van der Waals surface area contributed by atoms with E-state index in [4.69, 9.17) is 4.74 Å². The lowest BCUT2D eigenvalue weighted by Gasteiger charge is -2.14. The van der Waals surface area contributed by atoms with Crippen molar-refractivity contribution >= 4 is 23.4 Å². The van der Waals surface area contributed by atoms with E-state index >= 15 is 0 Å². The molecule has 0 bridgehead atoms. The summed E-state index contributed by atoms with van der Waals surface area (Å²) in [5, 5.41) is 11.5. The molecule has 0 aliphatic heterocycles. The maximum absolute atomic E-state index is 13.8. The molecule has 0 radical (unpaired) electrons. The lowest BCUT2D eigenvalue weighted by molar-refractivity contribution is -0.113. The molecule has 1 N–H and O–H groups in total. The van der Waals surface area contributed by atoms with Crippen LogP contribution in [0.1, 0.15) is 24.4 Å². The van der Waals surface area contributed by atoms with Crippen LogP contribution in [0, 0.1) is 18.6 Å². The van der Waals surface area contributed by atoms with E-state index in [1.54, 1.807) is 18.5 Å². The fraction of sp³-hybridized carbons (Fsp3) is 0.250. The van der Waals surface area contributed by atoms with E-state index in [1.807, 2.05) is 31.2 Å². The summed E-state index contributed by atoms with van der Waals surface area (Å²) in [5.74, 6) is -1.10. The van der Waals surface area contributed by atoms with E-state index in [9.17, 15) is 13.6 Å². The van der Waals surface area contributed by atoms with Crippen LogP contribution in [-0.4, -0.2) is 26.4 Å². The summed E-state index contributed by atoms with van der Waals surface area (Å²) in [6.45, 7) is 3.64. The first kappa shape index (κ1) is 20.8. The molecule has 1 aromatic heterocycles. The molecule has 152 valence electrons. The number of hydrogen-bond acceptors (Lipinski definition) is 5. The third-order valence-corrected chi connectivity index (χ3v) is 5.08. The summed E-state index contributed by atoms with van der Waals surface area (Å²) in [4.78, 5) is 12.2. The number of nitrogens with zero attached hydrogens (tertiary/aromatic N) is 3. The molecular weight excluding hydrogens is 398 g/mol. The summed E-state index contributed by atoms with van der Waals surface area (Å²) in [6.07, 6.45) is -0.622. The zero-order chi connectivity index (χ0) is 21.0. The first-order valence-corrected chi connectivity index (χ1v) is 9.82. The maximum Gasteiger partial charge on any atom is 0.234 e. The summed E-state index contributed by atoms with van der Waals surface area (Å²) < 4.78 is 34.0. The van der Waals surface area contributed by atoms with Crippen molar-refractivity contribution in [3.05, 3.63) is 65.5 Å². The van der Waals surface area contributed by atoms with E-state index < -0.39 is 17.7 Å². The van der Waals surface area contributed by atoms with Crippen molar-refractivity contribution in [3.8, 4) is 5.75 Å². The lowest BCUT2D eigenvalue weighted by Crippen LogP contribution is -2.15. The van der Waals surface area contributed by atoms with Crippen LogP contribution in [0.2, 0.25) is 0 Å². The average Bonchev–Trinajstić information content (AvgIpc) is 3.03. The molecule has 1 heterocycles. The highest BCUT2D eigenvalue weighted by Crippen LogP contribution is 2.26. The van der Waals surface area contributed by atoms with Gasteiger partial charge < -0.3 is 14.6 Å². The minimum Gasteiger partial charge on any atom is -0.480 e. The van der Waals surface area contributed by atoms with Gasteiger partial charge in [-0.3, -0.25) is 4.79 Å². The lowest BCUT2D eigenvalue weighted by atomic mass is 10.2. The molecule has 3 rings (SSSR count). The molecule has 1 amide bonds. The Kier molecular flexibility index (Phi) is 6.48. The predicted molar refractivity (Wildman–Crippen MR) is 107 cm³/mol. The Morgan fingerprint density at radius 1 is 1.24 bits per heavy atom. The van der Waals surface area contributed by atoms with Gasteiger partial charge in [-0.15, -0.1) is 10.2 Å². The highest BCUT2D eigenvalue weighted by atomic mass is 32.2. The van der Waals surface area contributed by atoms with Gasteiger partial charge >= 0.3 is 0 Å². The highest BCUT2D eigenvalue weighted by molar-refractivity contribution is 7.99. The second kappa shape index (κ2) is 9.04. The molecule has 9 heteroatoms. The maximum atomic E-state index is 13.8. The number of aromatic nitrogens is 3. The predicted octanol–water partition coefficient (Wildman–Crippen LogP) is 4.27. The van der Waals surface area contributed by atoms with Crippen molar-refractivity contribution in [2.45, 2.75) is 25.1 Å². The van der Waals surface area contributed by atoms with E-state index in [1.165, 1.54) is 17.8 Å². The van der Waals surface area contributed by atoms with Crippen molar-refractivity contribution in [1.29, 1.82) is 0 Å². The van der Waals surface area contributed by atoms with Crippen molar-refractivity contribution in [3.63, 3.8) is 0 Å². The van der Waals surface area contributed by atoms with Gasteiger partial charge in [0.2, 0.25) is 5.91 Å². The molecule has 0 aliphatic carbocycles. The molecule has 2 aromatic carbocycles. The zero-order valence-corrected chi connectivity index (χ0v) is 17.0. The molecule has 3 aromatic rings. The Morgan fingerprint density at radius 3 is 2.76 bits per heavy atom. The number of nitrogens with one attached hydrogen (secondary N) is 1. The number of carbonyl (C=O) groups is 1.